The summed E-state index contributed by atoms with van der Waals surface area (Å²) in [4.78, 5) is 0. The predicted octanol–water partition coefficient (Wildman–Crippen LogP) is 1.23. The summed E-state index contributed by atoms with van der Waals surface area (Å²) in [5.74, 6) is 1.20. The lowest BCUT2D eigenvalue weighted by Crippen LogP contribution is -2.26. The zero-order chi connectivity index (χ0) is 12.7. The van der Waals surface area contributed by atoms with E-state index in [-0.39, 0.29) is 5.11 Å². The third-order valence-corrected chi connectivity index (χ3v) is 1.98. The average Bonchev–Trinajstić information content (AvgIpc) is 2.34. The number of ether oxygens (including phenoxy) is 2. The molecule has 92 valence electrons. The fraction of sp³-hybridized carbons (Fsp3) is 0.273. The number of thiocarbonyl (C=S) groups is 1. The van der Waals surface area contributed by atoms with Gasteiger partial charge in [-0.3, -0.25) is 5.43 Å². The Kier molecular flexibility index (Phi) is 5.22. The number of hydrazone groups is 1. The van der Waals surface area contributed by atoms with Crippen LogP contribution in [-0.2, 0) is 4.74 Å². The van der Waals surface area contributed by atoms with Crippen molar-refractivity contribution in [1.29, 1.82) is 0 Å². The first-order valence-corrected chi connectivity index (χ1v) is 5.48. The quantitative estimate of drug-likeness (QED) is 0.365. The molecule has 17 heavy (non-hydrogen) atoms. The van der Waals surface area contributed by atoms with Crippen molar-refractivity contribution in [2.75, 3.05) is 13.7 Å². The molecule has 0 saturated carbocycles. The molecular weight excluding hydrogens is 238 g/mol. The molecule has 0 aliphatic rings. The van der Waals surface area contributed by atoms with Crippen molar-refractivity contribution in [3.63, 3.8) is 0 Å². The van der Waals surface area contributed by atoms with Crippen LogP contribution in [0.3, 0.4) is 0 Å². The average molecular weight is 253 g/mol. The first kappa shape index (κ1) is 13.2. The second kappa shape index (κ2) is 6.70. The number of methoxy groups -OCH3 is 1. The van der Waals surface area contributed by atoms with Gasteiger partial charge >= 0.3 is 0 Å². The maximum atomic E-state index is 5.38. The summed E-state index contributed by atoms with van der Waals surface area (Å²) in [6.45, 7) is 2.38. The Hall–Kier alpha value is -1.82. The van der Waals surface area contributed by atoms with Crippen LogP contribution in [0.15, 0.2) is 29.4 Å². The largest absolute Gasteiger partial charge is 0.497 e. The summed E-state index contributed by atoms with van der Waals surface area (Å²) in [6.07, 6.45) is 0. The molecule has 1 rings (SSSR count). The summed E-state index contributed by atoms with van der Waals surface area (Å²) in [5.41, 5.74) is 8.61. The van der Waals surface area contributed by atoms with Crippen molar-refractivity contribution in [2.24, 2.45) is 10.8 Å². The summed E-state index contributed by atoms with van der Waals surface area (Å²) in [5, 5.41) is 4.07. The Morgan fingerprint density at radius 3 is 2.53 bits per heavy atom. The number of rotatable bonds is 4. The van der Waals surface area contributed by atoms with Gasteiger partial charge in [-0.15, -0.1) is 5.10 Å². The van der Waals surface area contributed by atoms with Crippen LogP contribution < -0.4 is 15.9 Å². The third kappa shape index (κ3) is 4.28. The van der Waals surface area contributed by atoms with Crippen LogP contribution in [-0.4, -0.2) is 24.7 Å². The van der Waals surface area contributed by atoms with E-state index >= 15 is 0 Å². The SMILES string of the molecule is CCO/C(=N/NC(N)=S)c1ccc(OC)cc1. The van der Waals surface area contributed by atoms with Crippen LogP contribution in [0, 0.1) is 0 Å². The fourth-order valence-electron chi connectivity index (χ4n) is 1.16. The fourth-order valence-corrected chi connectivity index (χ4v) is 1.20. The van der Waals surface area contributed by atoms with Crippen molar-refractivity contribution in [1.82, 2.24) is 5.43 Å². The molecule has 0 radical (unpaired) electrons. The van der Waals surface area contributed by atoms with E-state index in [2.05, 4.69) is 22.7 Å². The zero-order valence-electron chi connectivity index (χ0n) is 9.77. The second-order valence-corrected chi connectivity index (χ2v) is 3.49. The maximum Gasteiger partial charge on any atom is 0.238 e. The predicted molar refractivity (Wildman–Crippen MR) is 71.1 cm³/mol. The molecule has 3 N–H and O–H groups in total. The zero-order valence-corrected chi connectivity index (χ0v) is 10.6. The normalized spacial score (nSPS) is 10.8. The maximum absolute atomic E-state index is 5.38. The summed E-state index contributed by atoms with van der Waals surface area (Å²) in [7, 11) is 1.61. The van der Waals surface area contributed by atoms with Gasteiger partial charge in [0.25, 0.3) is 0 Å². The van der Waals surface area contributed by atoms with E-state index in [1.54, 1.807) is 7.11 Å². The summed E-state index contributed by atoms with van der Waals surface area (Å²) in [6, 6.07) is 7.33. The number of hydrogen-bond donors (Lipinski definition) is 2. The van der Waals surface area contributed by atoms with E-state index in [4.69, 9.17) is 15.2 Å². The van der Waals surface area contributed by atoms with Crippen LogP contribution in [0.5, 0.6) is 5.75 Å². The Labute approximate surface area is 106 Å². The molecule has 0 bridgehead atoms. The van der Waals surface area contributed by atoms with Crippen molar-refractivity contribution in [3.8, 4) is 5.75 Å². The standard InChI is InChI=1S/C11H15N3O2S/c1-3-16-10(13-14-11(12)17)8-4-6-9(15-2)7-5-8/h4-7H,3H2,1-2H3,(H3,12,14,17)/b13-10+. The van der Waals surface area contributed by atoms with E-state index < -0.39 is 0 Å². The molecule has 0 unspecified atom stereocenters. The number of nitrogens with two attached hydrogens (primary N) is 1. The van der Waals surface area contributed by atoms with Crippen molar-refractivity contribution in [2.45, 2.75) is 6.92 Å². The van der Waals surface area contributed by atoms with Gasteiger partial charge < -0.3 is 15.2 Å². The number of hydrogen-bond acceptors (Lipinski definition) is 4. The van der Waals surface area contributed by atoms with Gasteiger partial charge in [-0.1, -0.05) is 0 Å². The van der Waals surface area contributed by atoms with E-state index in [9.17, 15) is 0 Å². The summed E-state index contributed by atoms with van der Waals surface area (Å²) < 4.78 is 10.5. The van der Waals surface area contributed by atoms with Gasteiger partial charge in [0.05, 0.1) is 13.7 Å². The van der Waals surface area contributed by atoms with E-state index in [1.807, 2.05) is 31.2 Å². The highest BCUT2D eigenvalue weighted by molar-refractivity contribution is 7.80. The minimum Gasteiger partial charge on any atom is -0.497 e. The Balaban J connectivity index is 2.88. The van der Waals surface area contributed by atoms with Gasteiger partial charge in [0, 0.05) is 5.56 Å². The summed E-state index contributed by atoms with van der Waals surface area (Å²) >= 11 is 4.67. The van der Waals surface area contributed by atoms with Gasteiger partial charge in [0.15, 0.2) is 5.11 Å². The molecule has 0 aromatic heterocycles. The molecule has 0 aliphatic heterocycles. The number of nitrogens with zero attached hydrogens (tertiary/aromatic N) is 1. The van der Waals surface area contributed by atoms with Crippen molar-refractivity contribution < 1.29 is 9.47 Å². The molecule has 0 amide bonds. The Morgan fingerprint density at radius 2 is 2.06 bits per heavy atom. The van der Waals surface area contributed by atoms with Crippen LogP contribution in [0.2, 0.25) is 0 Å². The van der Waals surface area contributed by atoms with Crippen LogP contribution in [0.4, 0.5) is 0 Å². The molecule has 5 nitrogen and oxygen atoms in total. The van der Waals surface area contributed by atoms with Gasteiger partial charge in [0.2, 0.25) is 5.90 Å². The molecule has 0 spiro atoms. The minimum absolute atomic E-state index is 0.0933. The first-order valence-electron chi connectivity index (χ1n) is 5.07. The number of benzene rings is 1. The van der Waals surface area contributed by atoms with Gasteiger partial charge in [0.1, 0.15) is 5.75 Å². The molecule has 0 saturated heterocycles. The van der Waals surface area contributed by atoms with Gasteiger partial charge in [-0.25, -0.2) is 0 Å². The molecule has 1 aromatic carbocycles. The van der Waals surface area contributed by atoms with Crippen molar-refractivity contribution >= 4 is 23.2 Å². The second-order valence-electron chi connectivity index (χ2n) is 3.05. The Morgan fingerprint density at radius 1 is 1.41 bits per heavy atom. The van der Waals surface area contributed by atoms with Crippen LogP contribution >= 0.6 is 12.2 Å². The molecule has 0 heterocycles. The lowest BCUT2D eigenvalue weighted by Gasteiger charge is -2.08. The van der Waals surface area contributed by atoms with Crippen LogP contribution in [0.25, 0.3) is 0 Å². The van der Waals surface area contributed by atoms with E-state index in [0.717, 1.165) is 11.3 Å². The monoisotopic (exact) mass is 253 g/mol. The van der Waals surface area contributed by atoms with Gasteiger partial charge in [-0.2, -0.15) is 0 Å². The first-order chi connectivity index (χ1) is 8.17. The molecule has 0 atom stereocenters. The van der Waals surface area contributed by atoms with Gasteiger partial charge in [-0.05, 0) is 43.4 Å². The van der Waals surface area contributed by atoms with E-state index in [1.165, 1.54) is 0 Å². The van der Waals surface area contributed by atoms with Crippen molar-refractivity contribution in [3.05, 3.63) is 29.8 Å². The lowest BCUT2D eigenvalue weighted by atomic mass is 10.2. The molecule has 0 aliphatic carbocycles. The molecule has 0 fully saturated rings. The lowest BCUT2D eigenvalue weighted by molar-refractivity contribution is 0.326. The number of nitrogens with one attached hydrogen (secondary N) is 1. The molecule has 6 heteroatoms. The van der Waals surface area contributed by atoms with E-state index in [0.29, 0.717) is 12.5 Å². The van der Waals surface area contributed by atoms with Crippen LogP contribution in [0.1, 0.15) is 12.5 Å². The highest BCUT2D eigenvalue weighted by Crippen LogP contribution is 2.12. The highest BCUT2D eigenvalue weighted by Gasteiger charge is 2.04. The smallest absolute Gasteiger partial charge is 0.238 e. The topological polar surface area (TPSA) is 68.9 Å². The molecular formula is C11H15N3O2S. The third-order valence-electron chi connectivity index (χ3n) is 1.89. The Bertz CT molecular complexity index is 404. The molecule has 1 aromatic rings. The minimum atomic E-state index is 0.0933. The highest BCUT2D eigenvalue weighted by atomic mass is 32.1.